The molecule has 2 N–H and O–H groups in total. The molecule has 0 aliphatic rings. The Morgan fingerprint density at radius 3 is 2.45 bits per heavy atom. The fourth-order valence-corrected chi connectivity index (χ4v) is 2.19. The van der Waals surface area contributed by atoms with Gasteiger partial charge in [-0.3, -0.25) is 4.79 Å². The molecule has 0 heterocycles. The van der Waals surface area contributed by atoms with E-state index in [0.717, 1.165) is 11.1 Å². The molecule has 4 heteroatoms. The zero-order chi connectivity index (χ0) is 15.8. The number of aryl methyl sites for hydroxylation is 1. The molecule has 2 aromatic carbocycles. The molecule has 0 bridgehead atoms. The van der Waals surface area contributed by atoms with Crippen molar-refractivity contribution in [1.29, 1.82) is 0 Å². The van der Waals surface area contributed by atoms with Gasteiger partial charge in [0.2, 0.25) is 5.91 Å². The predicted molar refractivity (Wildman–Crippen MR) is 83.7 cm³/mol. The van der Waals surface area contributed by atoms with Gasteiger partial charge in [-0.2, -0.15) is 0 Å². The highest BCUT2D eigenvalue weighted by atomic mass is 19.1. The highest BCUT2D eigenvalue weighted by molar-refractivity contribution is 5.76. The van der Waals surface area contributed by atoms with Gasteiger partial charge in [-0.25, -0.2) is 4.39 Å². The molecule has 3 nitrogen and oxygen atoms in total. The van der Waals surface area contributed by atoms with E-state index in [4.69, 9.17) is 0 Å². The van der Waals surface area contributed by atoms with E-state index in [9.17, 15) is 14.3 Å². The molecule has 1 unspecified atom stereocenters. The van der Waals surface area contributed by atoms with Gasteiger partial charge in [0.25, 0.3) is 0 Å². The van der Waals surface area contributed by atoms with Gasteiger partial charge in [0.15, 0.2) is 0 Å². The maximum absolute atomic E-state index is 12.8. The van der Waals surface area contributed by atoms with Crippen molar-refractivity contribution in [3.63, 3.8) is 0 Å². The quantitative estimate of drug-likeness (QED) is 0.826. The SMILES string of the molecule is O=C(CCc1ccc(F)cc1)NCCC(O)c1ccccc1. The summed E-state index contributed by atoms with van der Waals surface area (Å²) in [6.07, 6.45) is 0.839. The number of hydrogen-bond acceptors (Lipinski definition) is 2. The molecule has 0 aliphatic heterocycles. The Morgan fingerprint density at radius 2 is 1.77 bits per heavy atom. The van der Waals surface area contributed by atoms with Crippen LogP contribution in [0.1, 0.15) is 30.1 Å². The lowest BCUT2D eigenvalue weighted by atomic mass is 10.1. The van der Waals surface area contributed by atoms with Crippen LogP contribution in [-0.4, -0.2) is 17.6 Å². The van der Waals surface area contributed by atoms with Crippen LogP contribution in [0.3, 0.4) is 0 Å². The number of benzene rings is 2. The van der Waals surface area contributed by atoms with Crippen LogP contribution in [-0.2, 0) is 11.2 Å². The Kier molecular flexibility index (Phi) is 6.10. The van der Waals surface area contributed by atoms with Crippen molar-refractivity contribution in [3.8, 4) is 0 Å². The lowest BCUT2D eigenvalue weighted by Crippen LogP contribution is -2.25. The number of aliphatic hydroxyl groups is 1. The smallest absolute Gasteiger partial charge is 0.220 e. The van der Waals surface area contributed by atoms with Gasteiger partial charge in [0.05, 0.1) is 6.10 Å². The maximum Gasteiger partial charge on any atom is 0.220 e. The largest absolute Gasteiger partial charge is 0.388 e. The van der Waals surface area contributed by atoms with E-state index in [1.165, 1.54) is 12.1 Å². The summed E-state index contributed by atoms with van der Waals surface area (Å²) in [6, 6.07) is 15.5. The lowest BCUT2D eigenvalue weighted by molar-refractivity contribution is -0.121. The van der Waals surface area contributed by atoms with Crippen molar-refractivity contribution in [2.45, 2.75) is 25.4 Å². The van der Waals surface area contributed by atoms with E-state index >= 15 is 0 Å². The van der Waals surface area contributed by atoms with Crippen LogP contribution in [0.5, 0.6) is 0 Å². The van der Waals surface area contributed by atoms with Crippen molar-refractivity contribution in [1.82, 2.24) is 5.32 Å². The molecule has 0 fully saturated rings. The second kappa shape index (κ2) is 8.29. The first-order chi connectivity index (χ1) is 10.6. The summed E-state index contributed by atoms with van der Waals surface area (Å²) in [7, 11) is 0. The minimum atomic E-state index is -0.571. The molecular formula is C18H20FNO2. The van der Waals surface area contributed by atoms with Gasteiger partial charge < -0.3 is 10.4 Å². The monoisotopic (exact) mass is 301 g/mol. The Labute approximate surface area is 129 Å². The number of rotatable bonds is 7. The highest BCUT2D eigenvalue weighted by Gasteiger charge is 2.08. The van der Waals surface area contributed by atoms with Gasteiger partial charge in [0, 0.05) is 13.0 Å². The van der Waals surface area contributed by atoms with E-state index < -0.39 is 6.10 Å². The third kappa shape index (κ3) is 5.30. The van der Waals surface area contributed by atoms with Gasteiger partial charge in [0.1, 0.15) is 5.82 Å². The first-order valence-electron chi connectivity index (χ1n) is 7.39. The second-order valence-corrected chi connectivity index (χ2v) is 5.19. The molecule has 0 saturated carbocycles. The van der Waals surface area contributed by atoms with Crippen LogP contribution in [0.25, 0.3) is 0 Å². The Balaban J connectivity index is 1.66. The molecule has 22 heavy (non-hydrogen) atoms. The number of hydrogen-bond donors (Lipinski definition) is 2. The van der Waals surface area contributed by atoms with Crippen LogP contribution in [0.4, 0.5) is 4.39 Å². The zero-order valence-corrected chi connectivity index (χ0v) is 12.3. The molecule has 1 atom stereocenters. The summed E-state index contributed by atoms with van der Waals surface area (Å²) in [5, 5.41) is 12.8. The molecule has 2 aromatic rings. The van der Waals surface area contributed by atoms with Crippen LogP contribution in [0.15, 0.2) is 54.6 Å². The minimum absolute atomic E-state index is 0.0652. The average molecular weight is 301 g/mol. The summed E-state index contributed by atoms with van der Waals surface area (Å²) in [5.74, 6) is -0.340. The fourth-order valence-electron chi connectivity index (χ4n) is 2.19. The number of amides is 1. The summed E-state index contributed by atoms with van der Waals surface area (Å²) >= 11 is 0. The van der Waals surface area contributed by atoms with E-state index in [1.54, 1.807) is 12.1 Å². The Morgan fingerprint density at radius 1 is 1.09 bits per heavy atom. The third-order valence-corrected chi connectivity index (χ3v) is 3.48. The number of aliphatic hydroxyl groups excluding tert-OH is 1. The minimum Gasteiger partial charge on any atom is -0.388 e. The van der Waals surface area contributed by atoms with E-state index in [2.05, 4.69) is 5.32 Å². The average Bonchev–Trinajstić information content (AvgIpc) is 2.55. The van der Waals surface area contributed by atoms with Crippen molar-refractivity contribution in [3.05, 3.63) is 71.5 Å². The summed E-state index contributed by atoms with van der Waals surface area (Å²) in [5.41, 5.74) is 1.78. The first-order valence-corrected chi connectivity index (χ1v) is 7.39. The maximum atomic E-state index is 12.8. The molecule has 0 aliphatic carbocycles. The number of carbonyl (C=O) groups excluding carboxylic acids is 1. The molecule has 116 valence electrons. The molecule has 0 saturated heterocycles. The highest BCUT2D eigenvalue weighted by Crippen LogP contribution is 2.14. The molecule has 1 amide bonds. The van der Waals surface area contributed by atoms with Gasteiger partial charge in [-0.1, -0.05) is 42.5 Å². The number of carbonyl (C=O) groups is 1. The van der Waals surface area contributed by atoms with Gasteiger partial charge >= 0.3 is 0 Å². The Hall–Kier alpha value is -2.20. The van der Waals surface area contributed by atoms with Crippen LogP contribution >= 0.6 is 0 Å². The zero-order valence-electron chi connectivity index (χ0n) is 12.3. The molecular weight excluding hydrogens is 281 g/mol. The molecule has 0 aromatic heterocycles. The molecule has 2 rings (SSSR count). The second-order valence-electron chi connectivity index (χ2n) is 5.19. The molecule has 0 radical (unpaired) electrons. The van der Waals surface area contributed by atoms with Gasteiger partial charge in [-0.05, 0) is 36.1 Å². The number of nitrogens with one attached hydrogen (secondary N) is 1. The normalized spacial score (nSPS) is 11.9. The summed E-state index contributed by atoms with van der Waals surface area (Å²) < 4.78 is 12.8. The van der Waals surface area contributed by atoms with Crippen LogP contribution in [0, 0.1) is 5.82 Å². The molecule has 0 spiro atoms. The fraction of sp³-hybridized carbons (Fsp3) is 0.278. The van der Waals surface area contributed by atoms with Crippen molar-refractivity contribution >= 4 is 5.91 Å². The van der Waals surface area contributed by atoms with Crippen molar-refractivity contribution in [2.75, 3.05) is 6.54 Å². The van der Waals surface area contributed by atoms with E-state index in [1.807, 2.05) is 30.3 Å². The summed E-state index contributed by atoms with van der Waals surface area (Å²) in [4.78, 5) is 11.7. The topological polar surface area (TPSA) is 49.3 Å². The summed E-state index contributed by atoms with van der Waals surface area (Å²) in [6.45, 7) is 0.429. The van der Waals surface area contributed by atoms with E-state index in [-0.39, 0.29) is 11.7 Å². The van der Waals surface area contributed by atoms with E-state index in [0.29, 0.717) is 25.8 Å². The van der Waals surface area contributed by atoms with Crippen molar-refractivity contribution < 1.29 is 14.3 Å². The van der Waals surface area contributed by atoms with Crippen LogP contribution < -0.4 is 5.32 Å². The number of halogens is 1. The Bertz CT molecular complexity index is 584. The lowest BCUT2D eigenvalue weighted by Gasteiger charge is -2.11. The predicted octanol–water partition coefficient (Wildman–Crippen LogP) is 3.00. The van der Waals surface area contributed by atoms with Crippen molar-refractivity contribution in [2.24, 2.45) is 0 Å². The first kappa shape index (κ1) is 16.2. The third-order valence-electron chi connectivity index (χ3n) is 3.48. The van der Waals surface area contributed by atoms with Gasteiger partial charge in [-0.15, -0.1) is 0 Å². The van der Waals surface area contributed by atoms with Crippen LogP contribution in [0.2, 0.25) is 0 Å². The standard InChI is InChI=1S/C18H20FNO2/c19-16-9-6-14(7-10-16)8-11-18(22)20-13-12-17(21)15-4-2-1-3-5-15/h1-7,9-10,17,21H,8,11-13H2,(H,20,22).